The summed E-state index contributed by atoms with van der Waals surface area (Å²) in [5.41, 5.74) is 2.25. The van der Waals surface area contributed by atoms with Crippen molar-refractivity contribution in [3.8, 4) is 11.5 Å². The second-order valence-corrected chi connectivity index (χ2v) is 3.98. The topological polar surface area (TPSA) is 42.2 Å². The van der Waals surface area contributed by atoms with Gasteiger partial charge < -0.3 is 9.32 Å². The number of benzene rings is 1. The van der Waals surface area contributed by atoms with Crippen LogP contribution in [0.2, 0.25) is 0 Å². The summed E-state index contributed by atoms with van der Waals surface area (Å²) in [7, 11) is 0. The van der Waals surface area contributed by atoms with Gasteiger partial charge in [0.15, 0.2) is 0 Å². The van der Waals surface area contributed by atoms with Crippen molar-refractivity contribution in [2.24, 2.45) is 0 Å². The minimum absolute atomic E-state index is 0.577. The van der Waals surface area contributed by atoms with Crippen LogP contribution in [0, 0.1) is 0 Å². The maximum absolute atomic E-state index is 5.15. The Morgan fingerprint density at radius 3 is 2.44 bits per heavy atom. The lowest BCUT2D eigenvalue weighted by molar-refractivity contribution is 0.568. The number of hydrogen-bond acceptors (Lipinski definition) is 4. The SMILES string of the molecule is c1nnc(-c2ccc(N3CCCC3)cc2)o1. The molecule has 4 heteroatoms. The normalized spacial score (nSPS) is 15.6. The predicted molar refractivity (Wildman–Crippen MR) is 61.2 cm³/mol. The zero-order chi connectivity index (χ0) is 10.8. The smallest absolute Gasteiger partial charge is 0.247 e. The van der Waals surface area contributed by atoms with E-state index in [1.165, 1.54) is 38.0 Å². The largest absolute Gasteiger partial charge is 0.423 e. The average Bonchev–Trinajstić information content (AvgIpc) is 3.03. The van der Waals surface area contributed by atoms with Gasteiger partial charge in [-0.05, 0) is 37.1 Å². The minimum Gasteiger partial charge on any atom is -0.423 e. The molecule has 0 radical (unpaired) electrons. The van der Waals surface area contributed by atoms with Crippen LogP contribution < -0.4 is 4.90 Å². The third kappa shape index (κ3) is 1.66. The molecule has 0 saturated carbocycles. The zero-order valence-corrected chi connectivity index (χ0v) is 8.97. The van der Waals surface area contributed by atoms with Crippen molar-refractivity contribution >= 4 is 5.69 Å². The Bertz CT molecular complexity index is 444. The fraction of sp³-hybridized carbons (Fsp3) is 0.333. The average molecular weight is 215 g/mol. The molecule has 0 bridgehead atoms. The maximum atomic E-state index is 5.15. The lowest BCUT2D eigenvalue weighted by atomic mass is 10.2. The van der Waals surface area contributed by atoms with Crippen molar-refractivity contribution < 1.29 is 4.42 Å². The second-order valence-electron chi connectivity index (χ2n) is 3.98. The third-order valence-electron chi connectivity index (χ3n) is 2.95. The quantitative estimate of drug-likeness (QED) is 0.771. The van der Waals surface area contributed by atoms with E-state index in [0.29, 0.717) is 5.89 Å². The van der Waals surface area contributed by atoms with E-state index in [9.17, 15) is 0 Å². The second kappa shape index (κ2) is 3.96. The van der Waals surface area contributed by atoms with E-state index in [4.69, 9.17) is 4.42 Å². The predicted octanol–water partition coefficient (Wildman–Crippen LogP) is 2.34. The molecule has 3 rings (SSSR count). The molecule has 16 heavy (non-hydrogen) atoms. The fourth-order valence-electron chi connectivity index (χ4n) is 2.09. The molecule has 0 unspecified atom stereocenters. The first-order valence-corrected chi connectivity index (χ1v) is 5.55. The molecule has 1 aromatic carbocycles. The highest BCUT2D eigenvalue weighted by Gasteiger charge is 2.12. The first-order chi connectivity index (χ1) is 7.93. The van der Waals surface area contributed by atoms with Crippen LogP contribution in [0.15, 0.2) is 35.1 Å². The zero-order valence-electron chi connectivity index (χ0n) is 8.97. The van der Waals surface area contributed by atoms with E-state index in [2.05, 4.69) is 27.2 Å². The van der Waals surface area contributed by atoms with Crippen LogP contribution in [-0.2, 0) is 0 Å². The van der Waals surface area contributed by atoms with Gasteiger partial charge in [-0.2, -0.15) is 0 Å². The Kier molecular flexibility index (Phi) is 2.33. The van der Waals surface area contributed by atoms with Crippen molar-refractivity contribution in [1.29, 1.82) is 0 Å². The van der Waals surface area contributed by atoms with Crippen LogP contribution in [0.4, 0.5) is 5.69 Å². The van der Waals surface area contributed by atoms with Crippen molar-refractivity contribution in [2.45, 2.75) is 12.8 Å². The molecule has 1 fully saturated rings. The third-order valence-corrected chi connectivity index (χ3v) is 2.95. The standard InChI is InChI=1S/C12H13N3O/c1-2-8-15(7-1)11-5-3-10(4-6-11)12-14-13-9-16-12/h3-6,9H,1-2,7-8H2. The molecule has 4 nitrogen and oxygen atoms in total. The van der Waals surface area contributed by atoms with E-state index < -0.39 is 0 Å². The highest BCUT2D eigenvalue weighted by molar-refractivity contribution is 5.59. The summed E-state index contributed by atoms with van der Waals surface area (Å²) in [4.78, 5) is 2.40. The Labute approximate surface area is 93.9 Å². The van der Waals surface area contributed by atoms with Gasteiger partial charge in [-0.15, -0.1) is 10.2 Å². The molecule has 0 aliphatic carbocycles. The highest BCUT2D eigenvalue weighted by Crippen LogP contribution is 2.23. The first kappa shape index (κ1) is 9.39. The van der Waals surface area contributed by atoms with Crippen LogP contribution in [0.1, 0.15) is 12.8 Å². The van der Waals surface area contributed by atoms with Gasteiger partial charge in [0.25, 0.3) is 0 Å². The van der Waals surface area contributed by atoms with E-state index >= 15 is 0 Å². The molecule has 82 valence electrons. The van der Waals surface area contributed by atoms with Gasteiger partial charge in [0, 0.05) is 24.3 Å². The van der Waals surface area contributed by atoms with Crippen LogP contribution in [-0.4, -0.2) is 23.3 Å². The van der Waals surface area contributed by atoms with E-state index in [1.54, 1.807) is 0 Å². The van der Waals surface area contributed by atoms with E-state index in [0.717, 1.165) is 5.56 Å². The summed E-state index contributed by atoms with van der Waals surface area (Å²) in [6, 6.07) is 8.29. The number of nitrogens with zero attached hydrogens (tertiary/aromatic N) is 3. The van der Waals surface area contributed by atoms with E-state index in [-0.39, 0.29) is 0 Å². The maximum Gasteiger partial charge on any atom is 0.247 e. The number of anilines is 1. The molecule has 2 heterocycles. The van der Waals surface area contributed by atoms with Gasteiger partial charge in [-0.3, -0.25) is 0 Å². The van der Waals surface area contributed by atoms with Gasteiger partial charge >= 0.3 is 0 Å². The van der Waals surface area contributed by atoms with Gasteiger partial charge in [0.2, 0.25) is 12.3 Å². The molecule has 1 aromatic heterocycles. The lowest BCUT2D eigenvalue weighted by Gasteiger charge is -2.17. The van der Waals surface area contributed by atoms with Crippen molar-refractivity contribution in [2.75, 3.05) is 18.0 Å². The van der Waals surface area contributed by atoms with Crippen molar-refractivity contribution in [1.82, 2.24) is 10.2 Å². The Morgan fingerprint density at radius 2 is 1.81 bits per heavy atom. The van der Waals surface area contributed by atoms with Gasteiger partial charge in [0.05, 0.1) is 0 Å². The number of aromatic nitrogens is 2. The van der Waals surface area contributed by atoms with Gasteiger partial charge in [0.1, 0.15) is 0 Å². The Hall–Kier alpha value is -1.84. The molecule has 0 N–H and O–H groups in total. The van der Waals surface area contributed by atoms with Crippen LogP contribution >= 0.6 is 0 Å². The lowest BCUT2D eigenvalue weighted by Crippen LogP contribution is -2.17. The molecule has 2 aromatic rings. The molecule has 0 atom stereocenters. The van der Waals surface area contributed by atoms with Crippen molar-refractivity contribution in [3.05, 3.63) is 30.7 Å². The first-order valence-electron chi connectivity index (χ1n) is 5.55. The van der Waals surface area contributed by atoms with Crippen LogP contribution in [0.5, 0.6) is 0 Å². The minimum atomic E-state index is 0.577. The summed E-state index contributed by atoms with van der Waals surface area (Å²) < 4.78 is 5.15. The molecular formula is C12H13N3O. The number of hydrogen-bond donors (Lipinski definition) is 0. The van der Waals surface area contributed by atoms with E-state index in [1.807, 2.05) is 12.1 Å². The monoisotopic (exact) mass is 215 g/mol. The molecular weight excluding hydrogens is 202 g/mol. The van der Waals surface area contributed by atoms with Crippen LogP contribution in [0.25, 0.3) is 11.5 Å². The summed E-state index contributed by atoms with van der Waals surface area (Å²) >= 11 is 0. The van der Waals surface area contributed by atoms with Crippen LogP contribution in [0.3, 0.4) is 0 Å². The molecule has 0 spiro atoms. The summed E-state index contributed by atoms with van der Waals surface area (Å²) in [6.45, 7) is 2.33. The summed E-state index contributed by atoms with van der Waals surface area (Å²) in [5, 5.41) is 7.55. The molecule has 1 aliphatic heterocycles. The summed E-state index contributed by atoms with van der Waals surface area (Å²) in [6.07, 6.45) is 3.94. The fourth-order valence-corrected chi connectivity index (χ4v) is 2.09. The highest BCUT2D eigenvalue weighted by atomic mass is 16.4. The molecule has 0 amide bonds. The Morgan fingerprint density at radius 1 is 1.06 bits per heavy atom. The van der Waals surface area contributed by atoms with Gasteiger partial charge in [-0.25, -0.2) is 0 Å². The van der Waals surface area contributed by atoms with Gasteiger partial charge in [-0.1, -0.05) is 0 Å². The molecule has 1 saturated heterocycles. The Balaban J connectivity index is 1.84. The van der Waals surface area contributed by atoms with Crippen molar-refractivity contribution in [3.63, 3.8) is 0 Å². The summed E-state index contributed by atoms with van der Waals surface area (Å²) in [5.74, 6) is 0.577. The molecule has 1 aliphatic rings. The number of rotatable bonds is 2.